The number of hydrogen-bond acceptors (Lipinski definition) is 6. The maximum Gasteiger partial charge on any atom is 0.273 e. The standard InChI is InChI=1S/C15H18N2O4S/c18-15(16-6-11-1-3-19-7-11)14-5-13(21-17-14)9-20-8-12-2-4-22-10-12/h2,4-5,10-11H,1,3,6-9H2,(H,16,18). The minimum absolute atomic E-state index is 0.222. The molecule has 1 N–H and O–H groups in total. The van der Waals surface area contributed by atoms with Gasteiger partial charge in [0.1, 0.15) is 6.61 Å². The lowest BCUT2D eigenvalue weighted by Gasteiger charge is -2.07. The number of carbonyl (C=O) groups excluding carboxylic acids is 1. The van der Waals surface area contributed by atoms with E-state index in [1.54, 1.807) is 17.4 Å². The number of carbonyl (C=O) groups is 1. The van der Waals surface area contributed by atoms with E-state index >= 15 is 0 Å². The third kappa shape index (κ3) is 4.16. The predicted molar refractivity (Wildman–Crippen MR) is 80.6 cm³/mol. The SMILES string of the molecule is O=C(NCC1CCOC1)c1cc(COCc2ccsc2)on1. The zero-order chi connectivity index (χ0) is 15.2. The van der Waals surface area contributed by atoms with Gasteiger partial charge in [-0.1, -0.05) is 5.16 Å². The van der Waals surface area contributed by atoms with Crippen molar-refractivity contribution < 1.29 is 18.8 Å². The summed E-state index contributed by atoms with van der Waals surface area (Å²) in [5, 5.41) is 10.7. The van der Waals surface area contributed by atoms with Crippen molar-refractivity contribution in [2.75, 3.05) is 19.8 Å². The number of ether oxygens (including phenoxy) is 2. The molecule has 1 saturated heterocycles. The molecule has 0 saturated carbocycles. The van der Waals surface area contributed by atoms with Gasteiger partial charge in [0.15, 0.2) is 11.5 Å². The van der Waals surface area contributed by atoms with Crippen LogP contribution in [0.25, 0.3) is 0 Å². The molecule has 1 fully saturated rings. The molecule has 1 atom stereocenters. The van der Waals surface area contributed by atoms with E-state index in [2.05, 4.69) is 10.5 Å². The van der Waals surface area contributed by atoms with Gasteiger partial charge < -0.3 is 19.3 Å². The highest BCUT2D eigenvalue weighted by molar-refractivity contribution is 7.07. The third-order valence-corrected chi connectivity index (χ3v) is 4.19. The lowest BCUT2D eigenvalue weighted by molar-refractivity contribution is 0.0879. The topological polar surface area (TPSA) is 73.6 Å². The van der Waals surface area contributed by atoms with E-state index in [1.165, 1.54) is 0 Å². The second-order valence-electron chi connectivity index (χ2n) is 5.24. The smallest absolute Gasteiger partial charge is 0.273 e. The predicted octanol–water partition coefficient (Wildman–Crippen LogP) is 2.22. The third-order valence-electron chi connectivity index (χ3n) is 3.46. The summed E-state index contributed by atoms with van der Waals surface area (Å²) in [4.78, 5) is 12.0. The molecule has 0 spiro atoms. The van der Waals surface area contributed by atoms with Crippen molar-refractivity contribution in [2.45, 2.75) is 19.6 Å². The van der Waals surface area contributed by atoms with Gasteiger partial charge in [-0.25, -0.2) is 0 Å². The van der Waals surface area contributed by atoms with Gasteiger partial charge in [0.05, 0.1) is 13.2 Å². The van der Waals surface area contributed by atoms with E-state index in [1.807, 2.05) is 16.8 Å². The molecule has 6 nitrogen and oxygen atoms in total. The first-order chi connectivity index (χ1) is 10.8. The Hall–Kier alpha value is -1.70. The van der Waals surface area contributed by atoms with Crippen LogP contribution in [0.4, 0.5) is 0 Å². The maximum atomic E-state index is 12.0. The molecule has 1 unspecified atom stereocenters. The van der Waals surface area contributed by atoms with Crippen LogP contribution in [0.15, 0.2) is 27.4 Å². The highest BCUT2D eigenvalue weighted by Crippen LogP contribution is 2.12. The van der Waals surface area contributed by atoms with E-state index < -0.39 is 0 Å². The molecule has 1 aliphatic rings. The van der Waals surface area contributed by atoms with Crippen LogP contribution in [0.3, 0.4) is 0 Å². The van der Waals surface area contributed by atoms with E-state index in [9.17, 15) is 4.79 Å². The van der Waals surface area contributed by atoms with Crippen LogP contribution in [0.2, 0.25) is 0 Å². The number of nitrogens with zero attached hydrogens (tertiary/aromatic N) is 1. The van der Waals surface area contributed by atoms with E-state index in [0.29, 0.717) is 38.0 Å². The summed E-state index contributed by atoms with van der Waals surface area (Å²) in [5.41, 5.74) is 1.41. The van der Waals surface area contributed by atoms with E-state index in [0.717, 1.165) is 18.6 Å². The monoisotopic (exact) mass is 322 g/mol. The molecular formula is C15H18N2O4S. The summed E-state index contributed by atoms with van der Waals surface area (Å²) < 4.78 is 15.9. The van der Waals surface area contributed by atoms with Crippen molar-refractivity contribution in [3.05, 3.63) is 39.9 Å². The van der Waals surface area contributed by atoms with E-state index in [4.69, 9.17) is 14.0 Å². The fraction of sp³-hybridized carbons (Fsp3) is 0.467. The molecule has 2 aromatic heterocycles. The Kier molecular flexibility index (Phi) is 5.20. The second kappa shape index (κ2) is 7.53. The molecule has 2 aromatic rings. The summed E-state index contributed by atoms with van der Waals surface area (Å²) in [6, 6.07) is 3.63. The molecule has 0 radical (unpaired) electrons. The minimum atomic E-state index is -0.222. The Morgan fingerprint density at radius 2 is 2.45 bits per heavy atom. The quantitative estimate of drug-likeness (QED) is 0.846. The first kappa shape index (κ1) is 15.2. The lowest BCUT2D eigenvalue weighted by Crippen LogP contribution is -2.29. The summed E-state index contributed by atoms with van der Waals surface area (Å²) in [7, 11) is 0. The van der Waals surface area contributed by atoms with Crippen molar-refractivity contribution >= 4 is 17.2 Å². The summed E-state index contributed by atoms with van der Waals surface area (Å²) in [6.45, 7) is 2.91. The van der Waals surface area contributed by atoms with Gasteiger partial charge in [-0.3, -0.25) is 4.79 Å². The van der Waals surface area contributed by atoms with Gasteiger partial charge >= 0.3 is 0 Å². The molecule has 0 aliphatic carbocycles. The molecule has 3 rings (SSSR count). The highest BCUT2D eigenvalue weighted by atomic mass is 32.1. The van der Waals surface area contributed by atoms with Gasteiger partial charge in [-0.05, 0) is 28.8 Å². The first-order valence-electron chi connectivity index (χ1n) is 7.21. The normalized spacial score (nSPS) is 17.7. The maximum absolute atomic E-state index is 12.0. The molecule has 22 heavy (non-hydrogen) atoms. The van der Waals surface area contributed by atoms with Gasteiger partial charge in [-0.2, -0.15) is 11.3 Å². The van der Waals surface area contributed by atoms with Gasteiger partial charge in [0, 0.05) is 25.1 Å². The lowest BCUT2D eigenvalue weighted by atomic mass is 10.1. The largest absolute Gasteiger partial charge is 0.381 e. The fourth-order valence-electron chi connectivity index (χ4n) is 2.20. The number of amides is 1. The zero-order valence-corrected chi connectivity index (χ0v) is 12.9. The molecule has 7 heteroatoms. The van der Waals surface area contributed by atoms with Crippen molar-refractivity contribution in [1.29, 1.82) is 0 Å². The van der Waals surface area contributed by atoms with Crippen molar-refractivity contribution in [1.82, 2.24) is 10.5 Å². The van der Waals surface area contributed by atoms with Crippen LogP contribution in [0, 0.1) is 5.92 Å². The van der Waals surface area contributed by atoms with Crippen LogP contribution in [0.1, 0.15) is 28.2 Å². The summed E-state index contributed by atoms with van der Waals surface area (Å²) in [6.07, 6.45) is 0.987. The molecule has 1 amide bonds. The number of aromatic nitrogens is 1. The van der Waals surface area contributed by atoms with Crippen LogP contribution in [0.5, 0.6) is 0 Å². The molecule has 118 valence electrons. The van der Waals surface area contributed by atoms with E-state index in [-0.39, 0.29) is 11.6 Å². The summed E-state index contributed by atoms with van der Waals surface area (Å²) >= 11 is 1.63. The number of thiophene rings is 1. The molecule has 1 aliphatic heterocycles. The van der Waals surface area contributed by atoms with Gasteiger partial charge in [-0.15, -0.1) is 0 Å². The fourth-order valence-corrected chi connectivity index (χ4v) is 2.86. The molecule has 0 aromatic carbocycles. The average molecular weight is 322 g/mol. The van der Waals surface area contributed by atoms with Crippen LogP contribution in [-0.2, 0) is 22.7 Å². The van der Waals surface area contributed by atoms with Crippen LogP contribution < -0.4 is 5.32 Å². The molecule has 0 bridgehead atoms. The molecule has 3 heterocycles. The van der Waals surface area contributed by atoms with Gasteiger partial charge in [0.2, 0.25) is 0 Å². The number of nitrogens with one attached hydrogen (secondary N) is 1. The molecular weight excluding hydrogens is 304 g/mol. The Morgan fingerprint density at radius 1 is 1.50 bits per heavy atom. The number of rotatable bonds is 7. The Morgan fingerprint density at radius 3 is 3.23 bits per heavy atom. The van der Waals surface area contributed by atoms with Gasteiger partial charge in [0.25, 0.3) is 5.91 Å². The Labute approximate surface area is 132 Å². The Bertz CT molecular complexity index is 590. The average Bonchev–Trinajstić information content (AvgIpc) is 3.27. The highest BCUT2D eigenvalue weighted by Gasteiger charge is 2.18. The minimum Gasteiger partial charge on any atom is -0.381 e. The Balaban J connectivity index is 1.42. The van der Waals surface area contributed by atoms with Crippen molar-refractivity contribution in [2.24, 2.45) is 5.92 Å². The van der Waals surface area contributed by atoms with Crippen LogP contribution in [-0.4, -0.2) is 30.8 Å². The number of hydrogen-bond donors (Lipinski definition) is 1. The summed E-state index contributed by atoms with van der Waals surface area (Å²) in [5.74, 6) is 0.716. The van der Waals surface area contributed by atoms with Crippen molar-refractivity contribution in [3.63, 3.8) is 0 Å². The first-order valence-corrected chi connectivity index (χ1v) is 8.16. The van der Waals surface area contributed by atoms with Crippen LogP contribution >= 0.6 is 11.3 Å². The second-order valence-corrected chi connectivity index (χ2v) is 6.02. The zero-order valence-electron chi connectivity index (χ0n) is 12.1. The van der Waals surface area contributed by atoms with Crippen molar-refractivity contribution in [3.8, 4) is 0 Å².